The van der Waals surface area contributed by atoms with Crippen molar-refractivity contribution < 1.29 is 24.6 Å². The SMILES string of the molecule is CCNC(=O)Nc1cccc(-c2cnc3cc(-c4ccc(CN5CCCC(C)(C(=O)O)C5)cc4)ccn23)c1.O=CO. The fourth-order valence-electron chi connectivity index (χ4n) is 5.18. The van der Waals surface area contributed by atoms with E-state index in [0.29, 0.717) is 13.1 Å². The number of carbonyl (C=O) groups is 3. The summed E-state index contributed by atoms with van der Waals surface area (Å²) in [6.45, 7) is 6.29. The van der Waals surface area contributed by atoms with Gasteiger partial charge in [-0.05, 0) is 74.2 Å². The molecule has 4 aromatic rings. The molecule has 0 spiro atoms. The number of carboxylic acids is 1. The molecule has 1 fully saturated rings. The highest BCUT2D eigenvalue weighted by Crippen LogP contribution is 2.31. The van der Waals surface area contributed by atoms with Crippen LogP contribution in [-0.2, 0) is 16.1 Å². The van der Waals surface area contributed by atoms with Crippen LogP contribution in [0.2, 0.25) is 0 Å². The van der Waals surface area contributed by atoms with Crippen molar-refractivity contribution >= 4 is 29.8 Å². The minimum Gasteiger partial charge on any atom is -0.483 e. The number of benzene rings is 2. The van der Waals surface area contributed by atoms with Crippen LogP contribution in [0.25, 0.3) is 28.0 Å². The van der Waals surface area contributed by atoms with Gasteiger partial charge in [0.05, 0.1) is 17.3 Å². The number of fused-ring (bicyclic) bond motifs is 1. The number of imidazole rings is 1. The number of urea groups is 1. The molecule has 0 radical (unpaired) electrons. The zero-order chi connectivity index (χ0) is 29.4. The number of piperidine rings is 1. The van der Waals surface area contributed by atoms with Crippen molar-refractivity contribution in [2.75, 3.05) is 25.0 Å². The number of anilines is 1. The Morgan fingerprint density at radius 1 is 1.07 bits per heavy atom. The normalized spacial score (nSPS) is 16.8. The minimum atomic E-state index is -0.709. The molecule has 1 atom stereocenters. The molecule has 2 aromatic carbocycles. The number of aromatic nitrogens is 2. The Bertz CT molecular complexity index is 1520. The Labute approximate surface area is 238 Å². The van der Waals surface area contributed by atoms with Crippen molar-refractivity contribution in [1.82, 2.24) is 19.6 Å². The van der Waals surface area contributed by atoms with Gasteiger partial charge in [-0.25, -0.2) is 9.78 Å². The number of rotatable bonds is 7. The van der Waals surface area contributed by atoms with E-state index < -0.39 is 11.4 Å². The van der Waals surface area contributed by atoms with Crippen LogP contribution in [0.4, 0.5) is 10.5 Å². The van der Waals surface area contributed by atoms with Gasteiger partial charge in [0.1, 0.15) is 5.65 Å². The van der Waals surface area contributed by atoms with E-state index in [2.05, 4.69) is 56.9 Å². The number of carboxylic acid groups (broad SMARTS) is 2. The van der Waals surface area contributed by atoms with Gasteiger partial charge in [0, 0.05) is 37.1 Å². The molecule has 214 valence electrons. The predicted octanol–water partition coefficient (Wildman–Crippen LogP) is 5.20. The fourth-order valence-corrected chi connectivity index (χ4v) is 5.18. The first-order valence-corrected chi connectivity index (χ1v) is 13.5. The smallest absolute Gasteiger partial charge is 0.319 e. The summed E-state index contributed by atoms with van der Waals surface area (Å²) in [5, 5.41) is 22.1. The summed E-state index contributed by atoms with van der Waals surface area (Å²) < 4.78 is 2.04. The van der Waals surface area contributed by atoms with Gasteiger partial charge in [0.2, 0.25) is 0 Å². The maximum absolute atomic E-state index is 11.9. The molecule has 2 amide bonds. The van der Waals surface area contributed by atoms with E-state index in [4.69, 9.17) is 9.90 Å². The van der Waals surface area contributed by atoms with E-state index >= 15 is 0 Å². The van der Waals surface area contributed by atoms with Crippen molar-refractivity contribution in [1.29, 1.82) is 0 Å². The van der Waals surface area contributed by atoms with E-state index in [1.165, 1.54) is 5.56 Å². The van der Waals surface area contributed by atoms with Crippen molar-refractivity contribution in [3.8, 4) is 22.4 Å². The lowest BCUT2D eigenvalue weighted by atomic mass is 9.82. The number of nitrogens with one attached hydrogen (secondary N) is 2. The number of aliphatic carboxylic acids is 1. The van der Waals surface area contributed by atoms with E-state index in [1.807, 2.05) is 54.9 Å². The van der Waals surface area contributed by atoms with Crippen LogP contribution in [0.3, 0.4) is 0 Å². The summed E-state index contributed by atoms with van der Waals surface area (Å²) in [5.41, 5.74) is 6.14. The molecule has 5 rings (SSSR count). The van der Waals surface area contributed by atoms with Crippen LogP contribution in [-0.4, -0.2) is 62.6 Å². The average molecular weight is 558 g/mol. The second kappa shape index (κ2) is 13.1. The van der Waals surface area contributed by atoms with Gasteiger partial charge in [0.25, 0.3) is 6.47 Å². The first-order chi connectivity index (χ1) is 19.8. The molecule has 0 saturated carbocycles. The maximum atomic E-state index is 11.9. The fraction of sp³-hybridized carbons (Fsp3) is 0.290. The summed E-state index contributed by atoms with van der Waals surface area (Å²) in [7, 11) is 0. The molecule has 0 aliphatic carbocycles. The summed E-state index contributed by atoms with van der Waals surface area (Å²) in [4.78, 5) is 38.8. The first kappa shape index (κ1) is 29.3. The number of pyridine rings is 1. The van der Waals surface area contributed by atoms with E-state index in [0.717, 1.165) is 59.7 Å². The molecule has 10 nitrogen and oxygen atoms in total. The predicted molar refractivity (Wildman–Crippen MR) is 158 cm³/mol. The monoisotopic (exact) mass is 557 g/mol. The Hall–Kier alpha value is -4.70. The molecule has 41 heavy (non-hydrogen) atoms. The van der Waals surface area contributed by atoms with Crippen molar-refractivity contribution in [3.05, 3.63) is 78.6 Å². The number of hydrogen-bond donors (Lipinski definition) is 4. The highest BCUT2D eigenvalue weighted by molar-refractivity contribution is 5.90. The van der Waals surface area contributed by atoms with Crippen molar-refractivity contribution in [3.63, 3.8) is 0 Å². The van der Waals surface area contributed by atoms with E-state index in [9.17, 15) is 14.7 Å². The summed E-state index contributed by atoms with van der Waals surface area (Å²) in [6.07, 6.45) is 5.50. The minimum absolute atomic E-state index is 0.229. The summed E-state index contributed by atoms with van der Waals surface area (Å²) in [5.74, 6) is -0.709. The lowest BCUT2D eigenvalue weighted by Crippen LogP contribution is -2.45. The second-order valence-corrected chi connectivity index (χ2v) is 10.3. The molecular formula is C31H35N5O5. The maximum Gasteiger partial charge on any atom is 0.319 e. The zero-order valence-corrected chi connectivity index (χ0v) is 23.2. The van der Waals surface area contributed by atoms with Crippen LogP contribution < -0.4 is 10.6 Å². The molecule has 2 aromatic heterocycles. The van der Waals surface area contributed by atoms with Crippen LogP contribution in [0.1, 0.15) is 32.3 Å². The van der Waals surface area contributed by atoms with Gasteiger partial charge in [-0.1, -0.05) is 36.4 Å². The van der Waals surface area contributed by atoms with Crippen LogP contribution in [0.15, 0.2) is 73.1 Å². The number of likely N-dealkylation sites (tertiary alicyclic amines) is 1. The van der Waals surface area contributed by atoms with E-state index in [1.54, 1.807) is 0 Å². The molecule has 0 bridgehead atoms. The Morgan fingerprint density at radius 2 is 1.83 bits per heavy atom. The third kappa shape index (κ3) is 7.09. The van der Waals surface area contributed by atoms with Crippen LogP contribution in [0, 0.1) is 5.41 Å². The molecule has 10 heteroatoms. The zero-order valence-electron chi connectivity index (χ0n) is 23.2. The third-order valence-corrected chi connectivity index (χ3v) is 7.25. The standard InChI is InChI=1S/C30H33N5O3.CH2O2/c1-3-31-29(38)33-25-7-4-6-24(16-25)26-18-32-27-17-23(12-15-35(26)27)22-10-8-21(9-11-22)19-34-14-5-13-30(2,20-34)28(36)37;2-1-3/h4,6-12,15-18H,3,5,13-14,19-20H2,1-2H3,(H,36,37)(H2,31,33,38);1H,(H,2,3). The quantitative estimate of drug-likeness (QED) is 0.229. The van der Waals surface area contributed by atoms with Crippen LogP contribution in [0.5, 0.6) is 0 Å². The second-order valence-electron chi connectivity index (χ2n) is 10.3. The number of amides is 2. The summed E-state index contributed by atoms with van der Waals surface area (Å²) in [6, 6.07) is 20.1. The Kier molecular flexibility index (Phi) is 9.36. The molecule has 1 saturated heterocycles. The van der Waals surface area contributed by atoms with E-state index in [-0.39, 0.29) is 12.5 Å². The first-order valence-electron chi connectivity index (χ1n) is 13.5. The molecule has 3 heterocycles. The molecule has 1 aliphatic rings. The van der Waals surface area contributed by atoms with Gasteiger partial charge < -0.3 is 20.8 Å². The molecule has 1 aliphatic heterocycles. The third-order valence-electron chi connectivity index (χ3n) is 7.25. The molecular weight excluding hydrogens is 522 g/mol. The van der Waals surface area contributed by atoms with Gasteiger partial charge >= 0.3 is 12.0 Å². The van der Waals surface area contributed by atoms with Crippen molar-refractivity contribution in [2.24, 2.45) is 5.41 Å². The number of nitrogens with zero attached hydrogens (tertiary/aromatic N) is 3. The number of hydrogen-bond acceptors (Lipinski definition) is 5. The topological polar surface area (TPSA) is 136 Å². The molecule has 1 unspecified atom stereocenters. The van der Waals surface area contributed by atoms with Crippen LogP contribution >= 0.6 is 0 Å². The lowest BCUT2D eigenvalue weighted by Gasteiger charge is -2.37. The average Bonchev–Trinajstić information content (AvgIpc) is 3.38. The van der Waals surface area contributed by atoms with Crippen molar-refractivity contribution in [2.45, 2.75) is 33.2 Å². The largest absolute Gasteiger partial charge is 0.483 e. The summed E-state index contributed by atoms with van der Waals surface area (Å²) >= 11 is 0. The Balaban J connectivity index is 0.00000124. The lowest BCUT2D eigenvalue weighted by molar-refractivity contribution is -0.151. The molecule has 4 N–H and O–H groups in total. The van der Waals surface area contributed by atoms with Gasteiger partial charge in [-0.15, -0.1) is 0 Å². The highest BCUT2D eigenvalue weighted by atomic mass is 16.4. The number of carbonyl (C=O) groups excluding carboxylic acids is 1. The van der Waals surface area contributed by atoms with Gasteiger partial charge in [-0.3, -0.25) is 18.9 Å². The van der Waals surface area contributed by atoms with Gasteiger partial charge in [-0.2, -0.15) is 0 Å². The van der Waals surface area contributed by atoms with Gasteiger partial charge in [0.15, 0.2) is 0 Å². The Morgan fingerprint density at radius 3 is 2.54 bits per heavy atom. The highest BCUT2D eigenvalue weighted by Gasteiger charge is 2.37.